The van der Waals surface area contributed by atoms with Crippen LogP contribution >= 0.6 is 0 Å². The monoisotopic (exact) mass is 301 g/mol. The maximum atomic E-state index is 12.2. The average Bonchev–Trinajstić information content (AvgIpc) is 2.74. The Morgan fingerprint density at radius 1 is 1.42 bits per heavy atom. The topological polar surface area (TPSA) is 87.8 Å². The zero-order valence-electron chi connectivity index (χ0n) is 9.64. The number of carbonyl (C=O) groups is 1. The smallest absolute Gasteiger partial charge is 0.402 e. The van der Waals surface area contributed by atoms with Crippen LogP contribution < -0.4 is 0 Å². The van der Waals surface area contributed by atoms with Crippen LogP contribution in [0.4, 0.5) is 13.2 Å². The minimum atomic E-state index is -4.70. The minimum Gasteiger partial charge on any atom is -0.475 e. The molecule has 108 valence electrons. The molecule has 0 saturated heterocycles. The summed E-state index contributed by atoms with van der Waals surface area (Å²) < 4.78 is 65.0. The van der Waals surface area contributed by atoms with Gasteiger partial charge in [0, 0.05) is 6.54 Å². The van der Waals surface area contributed by atoms with E-state index in [-0.39, 0.29) is 4.31 Å². The number of hydrogen-bond acceptors (Lipinski definition) is 4. The van der Waals surface area contributed by atoms with Gasteiger partial charge in [0.1, 0.15) is 6.54 Å². The van der Waals surface area contributed by atoms with E-state index in [0.717, 1.165) is 12.1 Å². The zero-order chi connectivity index (χ0) is 14.8. The molecule has 0 aliphatic rings. The molecule has 1 N–H and O–H groups in total. The third kappa shape index (κ3) is 3.70. The van der Waals surface area contributed by atoms with E-state index >= 15 is 0 Å². The van der Waals surface area contributed by atoms with Gasteiger partial charge in [-0.15, -0.1) is 0 Å². The summed E-state index contributed by atoms with van der Waals surface area (Å²) in [6, 6.07) is 1.66. The van der Waals surface area contributed by atoms with Gasteiger partial charge < -0.3 is 9.52 Å². The van der Waals surface area contributed by atoms with Gasteiger partial charge in [0.05, 0.1) is 0 Å². The number of furan rings is 1. The van der Waals surface area contributed by atoms with Gasteiger partial charge >= 0.3 is 12.1 Å². The number of carboxylic acids is 1. The molecule has 0 unspecified atom stereocenters. The predicted molar refractivity (Wildman–Crippen MR) is 56.2 cm³/mol. The van der Waals surface area contributed by atoms with E-state index in [2.05, 4.69) is 4.42 Å². The highest BCUT2D eigenvalue weighted by molar-refractivity contribution is 7.89. The van der Waals surface area contributed by atoms with E-state index in [9.17, 15) is 26.4 Å². The first-order valence-electron chi connectivity index (χ1n) is 4.98. The molecule has 0 aliphatic carbocycles. The maximum Gasteiger partial charge on any atom is 0.402 e. The Balaban J connectivity index is 3.10. The molecule has 10 heteroatoms. The summed E-state index contributed by atoms with van der Waals surface area (Å²) in [4.78, 5) is 10.5. The molecule has 0 amide bonds. The Morgan fingerprint density at radius 2 is 2.00 bits per heavy atom. The Kier molecular flexibility index (Phi) is 4.25. The van der Waals surface area contributed by atoms with Crippen LogP contribution in [-0.4, -0.2) is 43.1 Å². The number of rotatable bonds is 5. The molecule has 0 radical (unpaired) electrons. The summed E-state index contributed by atoms with van der Waals surface area (Å²) in [5, 5.41) is 7.73. The zero-order valence-corrected chi connectivity index (χ0v) is 10.5. The summed E-state index contributed by atoms with van der Waals surface area (Å²) >= 11 is 0. The number of hydrogen-bond donors (Lipinski definition) is 1. The van der Waals surface area contributed by atoms with Crippen molar-refractivity contribution in [3.05, 3.63) is 17.9 Å². The van der Waals surface area contributed by atoms with E-state index in [1.165, 1.54) is 6.92 Å². The SMILES string of the molecule is CCN(CC(F)(F)F)S(=O)(=O)c1ccc(C(=O)O)o1. The quantitative estimate of drug-likeness (QED) is 0.891. The van der Waals surface area contributed by atoms with Crippen molar-refractivity contribution < 1.29 is 35.9 Å². The Bertz CT molecular complexity index is 563. The summed E-state index contributed by atoms with van der Waals surface area (Å²) in [5.74, 6) is -2.18. The lowest BCUT2D eigenvalue weighted by atomic mass is 10.5. The fourth-order valence-electron chi connectivity index (χ4n) is 1.27. The molecule has 0 fully saturated rings. The Labute approximate surface area is 106 Å². The molecule has 6 nitrogen and oxygen atoms in total. The van der Waals surface area contributed by atoms with Crippen molar-refractivity contribution in [2.75, 3.05) is 13.1 Å². The standard InChI is InChI=1S/C9H10F3NO5S/c1-2-13(5-9(10,11)12)19(16,17)7-4-3-6(18-7)8(14)15/h3-4H,2,5H2,1H3,(H,14,15). The molecule has 1 aromatic rings. The first-order chi connectivity index (χ1) is 8.58. The summed E-state index contributed by atoms with van der Waals surface area (Å²) in [5.41, 5.74) is 0. The highest BCUT2D eigenvalue weighted by Gasteiger charge is 2.37. The molecule has 0 atom stereocenters. The van der Waals surface area contributed by atoms with E-state index in [4.69, 9.17) is 5.11 Å². The van der Waals surface area contributed by atoms with Crippen molar-refractivity contribution in [2.45, 2.75) is 18.2 Å². The highest BCUT2D eigenvalue weighted by atomic mass is 32.2. The lowest BCUT2D eigenvalue weighted by molar-refractivity contribution is -0.135. The largest absolute Gasteiger partial charge is 0.475 e. The van der Waals surface area contributed by atoms with Gasteiger partial charge in [-0.05, 0) is 12.1 Å². The lowest BCUT2D eigenvalue weighted by Gasteiger charge is -2.20. The second kappa shape index (κ2) is 5.21. The second-order valence-electron chi connectivity index (χ2n) is 3.47. The molecule has 1 heterocycles. The van der Waals surface area contributed by atoms with Crippen LogP contribution in [0.3, 0.4) is 0 Å². The minimum absolute atomic E-state index is 0.150. The molecule has 0 saturated carbocycles. The fourth-order valence-corrected chi connectivity index (χ4v) is 2.61. The van der Waals surface area contributed by atoms with Crippen molar-refractivity contribution in [3.8, 4) is 0 Å². The van der Waals surface area contributed by atoms with Crippen LogP contribution in [0.25, 0.3) is 0 Å². The predicted octanol–water partition coefficient (Wildman–Crippen LogP) is 1.55. The van der Waals surface area contributed by atoms with Crippen molar-refractivity contribution in [3.63, 3.8) is 0 Å². The summed E-state index contributed by atoms with van der Waals surface area (Å²) in [6.45, 7) is -0.871. The van der Waals surface area contributed by atoms with Crippen LogP contribution in [0.15, 0.2) is 21.6 Å². The number of sulfonamides is 1. The van der Waals surface area contributed by atoms with E-state index in [0.29, 0.717) is 0 Å². The van der Waals surface area contributed by atoms with Crippen LogP contribution in [0, 0.1) is 0 Å². The van der Waals surface area contributed by atoms with Crippen LogP contribution in [0.1, 0.15) is 17.5 Å². The number of nitrogens with zero attached hydrogens (tertiary/aromatic N) is 1. The third-order valence-electron chi connectivity index (χ3n) is 2.09. The third-order valence-corrected chi connectivity index (χ3v) is 3.89. The fraction of sp³-hybridized carbons (Fsp3) is 0.444. The first kappa shape index (κ1) is 15.5. The second-order valence-corrected chi connectivity index (χ2v) is 5.34. The van der Waals surface area contributed by atoms with E-state index in [1.54, 1.807) is 0 Å². The number of halogens is 3. The van der Waals surface area contributed by atoms with Crippen molar-refractivity contribution in [2.24, 2.45) is 0 Å². The van der Waals surface area contributed by atoms with E-state index in [1.807, 2.05) is 0 Å². The van der Waals surface area contributed by atoms with E-state index < -0.39 is 46.1 Å². The normalized spacial score (nSPS) is 12.9. The lowest BCUT2D eigenvalue weighted by Crippen LogP contribution is -2.38. The number of aromatic carboxylic acids is 1. The van der Waals surface area contributed by atoms with Gasteiger partial charge in [0.2, 0.25) is 10.9 Å². The average molecular weight is 301 g/mol. The number of carboxylic acid groups (broad SMARTS) is 1. The molecule has 0 aromatic carbocycles. The molecule has 0 bridgehead atoms. The molecule has 19 heavy (non-hydrogen) atoms. The molecule has 1 rings (SSSR count). The number of alkyl halides is 3. The van der Waals surface area contributed by atoms with Gasteiger partial charge in [-0.3, -0.25) is 0 Å². The van der Waals surface area contributed by atoms with Crippen LogP contribution in [0.5, 0.6) is 0 Å². The Morgan fingerprint density at radius 3 is 2.37 bits per heavy atom. The van der Waals surface area contributed by atoms with Gasteiger partial charge in [0.25, 0.3) is 10.0 Å². The van der Waals surface area contributed by atoms with Crippen molar-refractivity contribution in [1.29, 1.82) is 0 Å². The van der Waals surface area contributed by atoms with Crippen molar-refractivity contribution >= 4 is 16.0 Å². The summed E-state index contributed by atoms with van der Waals surface area (Å²) in [7, 11) is -4.51. The molecule has 1 aromatic heterocycles. The van der Waals surface area contributed by atoms with Crippen LogP contribution in [0.2, 0.25) is 0 Å². The van der Waals surface area contributed by atoms with Crippen LogP contribution in [-0.2, 0) is 10.0 Å². The molecule has 0 spiro atoms. The Hall–Kier alpha value is -1.55. The van der Waals surface area contributed by atoms with Crippen molar-refractivity contribution in [1.82, 2.24) is 4.31 Å². The highest BCUT2D eigenvalue weighted by Crippen LogP contribution is 2.23. The van der Waals surface area contributed by atoms with Gasteiger partial charge in [-0.1, -0.05) is 6.92 Å². The maximum absolute atomic E-state index is 12.2. The molecular formula is C9H10F3NO5S. The summed E-state index contributed by atoms with van der Waals surface area (Å²) in [6.07, 6.45) is -4.70. The van der Waals surface area contributed by atoms with Gasteiger partial charge in [0.15, 0.2) is 0 Å². The van der Waals surface area contributed by atoms with Gasteiger partial charge in [-0.25, -0.2) is 13.2 Å². The van der Waals surface area contributed by atoms with Gasteiger partial charge in [-0.2, -0.15) is 17.5 Å². The molecular weight excluding hydrogens is 291 g/mol. The first-order valence-corrected chi connectivity index (χ1v) is 6.42. The molecule has 0 aliphatic heterocycles.